The van der Waals surface area contributed by atoms with Crippen LogP contribution in [0.5, 0.6) is 0 Å². The second kappa shape index (κ2) is 4.35. The van der Waals surface area contributed by atoms with Crippen LogP contribution in [-0.4, -0.2) is 9.97 Å². The summed E-state index contributed by atoms with van der Waals surface area (Å²) >= 11 is 4.93. The lowest BCUT2D eigenvalue weighted by atomic mass is 10.1. The fraction of sp³-hybridized carbons (Fsp3) is 0. The number of nitrogens with zero attached hydrogens (tertiary/aromatic N) is 1. The second-order valence-electron chi connectivity index (χ2n) is 2.74. The Morgan fingerprint density at radius 2 is 1.93 bits per heavy atom. The monoisotopic (exact) mass is 224 g/mol. The van der Waals surface area contributed by atoms with Gasteiger partial charge >= 0.3 is 0 Å². The van der Waals surface area contributed by atoms with E-state index in [9.17, 15) is 0 Å². The van der Waals surface area contributed by atoms with Crippen LogP contribution in [0.15, 0.2) is 36.5 Å². The molecule has 2 N–H and O–H groups in total. The molecule has 0 amide bonds. The molecule has 0 fully saturated rings. The Morgan fingerprint density at radius 1 is 1.21 bits per heavy atom. The molecule has 0 saturated carbocycles. The smallest absolute Gasteiger partial charge is 0.106 e. The molecule has 0 aliphatic rings. The Labute approximate surface area is 93.5 Å². The van der Waals surface area contributed by atoms with Gasteiger partial charge < -0.3 is 5.73 Å². The van der Waals surface area contributed by atoms with Crippen LogP contribution in [0.4, 0.5) is 0 Å². The molecule has 2 aromatic rings. The van der Waals surface area contributed by atoms with Gasteiger partial charge in [-0.05, 0) is 12.1 Å². The van der Waals surface area contributed by atoms with E-state index in [2.05, 4.69) is 4.98 Å². The molecular formula is C10H9ClN2S. The van der Waals surface area contributed by atoms with Crippen LogP contribution >= 0.6 is 24.6 Å². The van der Waals surface area contributed by atoms with Gasteiger partial charge in [0.2, 0.25) is 0 Å². The number of hydrogen-bond donors (Lipinski definition) is 1. The number of aromatic nitrogens is 1. The van der Waals surface area contributed by atoms with Crippen molar-refractivity contribution in [1.82, 2.24) is 4.98 Å². The van der Waals surface area contributed by atoms with E-state index in [4.69, 9.17) is 18.0 Å². The molecule has 0 atom stereocenters. The van der Waals surface area contributed by atoms with Crippen molar-refractivity contribution in [3.05, 3.63) is 42.1 Å². The first-order valence-corrected chi connectivity index (χ1v) is 4.33. The highest BCUT2D eigenvalue weighted by Crippen LogP contribution is 2.15. The molecule has 2 rings (SSSR count). The van der Waals surface area contributed by atoms with E-state index in [1.54, 1.807) is 6.20 Å². The summed E-state index contributed by atoms with van der Waals surface area (Å²) in [5.74, 6) is 0. The quantitative estimate of drug-likeness (QED) is 0.756. The number of pyridine rings is 1. The van der Waals surface area contributed by atoms with Crippen molar-refractivity contribution in [1.29, 1.82) is 0 Å². The van der Waals surface area contributed by atoms with Crippen LogP contribution in [0.1, 0.15) is 5.56 Å². The third-order valence-corrected chi connectivity index (χ3v) is 2.12. The first kappa shape index (κ1) is 10.9. The zero-order valence-corrected chi connectivity index (χ0v) is 8.94. The number of benzene rings is 1. The van der Waals surface area contributed by atoms with E-state index >= 15 is 0 Å². The maximum absolute atomic E-state index is 5.57. The molecule has 1 heterocycles. The van der Waals surface area contributed by atoms with E-state index in [0.717, 1.165) is 16.5 Å². The largest absolute Gasteiger partial charge is 0.389 e. The molecule has 14 heavy (non-hydrogen) atoms. The number of rotatable bonds is 1. The first-order chi connectivity index (χ1) is 6.29. The maximum Gasteiger partial charge on any atom is 0.106 e. The standard InChI is InChI=1S/C10H8N2S.ClH/c11-10(13)8-5-1-3-7-4-2-6-12-9(7)8;/h1-6H,(H2,11,13);1H. The van der Waals surface area contributed by atoms with Gasteiger partial charge in [0.15, 0.2) is 0 Å². The summed E-state index contributed by atoms with van der Waals surface area (Å²) in [7, 11) is 0. The van der Waals surface area contributed by atoms with Gasteiger partial charge in [-0.2, -0.15) is 0 Å². The number of para-hydroxylation sites is 1. The molecule has 0 saturated heterocycles. The second-order valence-corrected chi connectivity index (χ2v) is 3.18. The fourth-order valence-electron chi connectivity index (χ4n) is 1.30. The van der Waals surface area contributed by atoms with Gasteiger partial charge in [-0.15, -0.1) is 12.4 Å². The van der Waals surface area contributed by atoms with Crippen LogP contribution in [-0.2, 0) is 0 Å². The first-order valence-electron chi connectivity index (χ1n) is 3.92. The lowest BCUT2D eigenvalue weighted by Crippen LogP contribution is -2.10. The SMILES string of the molecule is Cl.NC(=S)c1cccc2cccnc12. The third kappa shape index (κ3) is 1.84. The number of hydrogen-bond acceptors (Lipinski definition) is 2. The highest BCUT2D eigenvalue weighted by molar-refractivity contribution is 7.80. The number of halogens is 1. The molecule has 1 aromatic carbocycles. The molecular weight excluding hydrogens is 216 g/mol. The predicted octanol–water partition coefficient (Wildman–Crippen LogP) is 2.29. The Balaban J connectivity index is 0.000000980. The van der Waals surface area contributed by atoms with E-state index < -0.39 is 0 Å². The molecule has 0 aliphatic carbocycles. The third-order valence-electron chi connectivity index (χ3n) is 1.90. The summed E-state index contributed by atoms with van der Waals surface area (Å²) in [5, 5.41) is 1.06. The number of thiocarbonyl (C=S) groups is 1. The summed E-state index contributed by atoms with van der Waals surface area (Å²) in [6, 6.07) is 9.69. The van der Waals surface area contributed by atoms with Crippen LogP contribution in [0.25, 0.3) is 10.9 Å². The Morgan fingerprint density at radius 3 is 2.64 bits per heavy atom. The van der Waals surface area contributed by atoms with Crippen molar-refractivity contribution >= 4 is 40.5 Å². The molecule has 1 aromatic heterocycles. The summed E-state index contributed by atoms with van der Waals surface area (Å²) in [5.41, 5.74) is 7.28. The van der Waals surface area contributed by atoms with E-state index in [-0.39, 0.29) is 12.4 Å². The summed E-state index contributed by atoms with van der Waals surface area (Å²) < 4.78 is 0. The lowest BCUT2D eigenvalue weighted by Gasteiger charge is -2.02. The van der Waals surface area contributed by atoms with Crippen molar-refractivity contribution in [3.8, 4) is 0 Å². The minimum Gasteiger partial charge on any atom is -0.389 e. The molecule has 0 radical (unpaired) electrons. The van der Waals surface area contributed by atoms with E-state index in [0.29, 0.717) is 4.99 Å². The number of fused-ring (bicyclic) bond motifs is 1. The van der Waals surface area contributed by atoms with Crippen molar-refractivity contribution < 1.29 is 0 Å². The summed E-state index contributed by atoms with van der Waals surface area (Å²) in [6.45, 7) is 0. The molecule has 0 bridgehead atoms. The zero-order chi connectivity index (χ0) is 9.26. The Hall–Kier alpha value is -1.19. The van der Waals surface area contributed by atoms with Crippen molar-refractivity contribution in [2.45, 2.75) is 0 Å². The molecule has 72 valence electrons. The van der Waals surface area contributed by atoms with Gasteiger partial charge in [-0.1, -0.05) is 30.4 Å². The van der Waals surface area contributed by atoms with Crippen LogP contribution in [0, 0.1) is 0 Å². The van der Waals surface area contributed by atoms with Crippen LogP contribution in [0.3, 0.4) is 0 Å². The minimum absolute atomic E-state index is 0. The van der Waals surface area contributed by atoms with Crippen molar-refractivity contribution in [2.75, 3.05) is 0 Å². The van der Waals surface area contributed by atoms with Gasteiger partial charge in [-0.3, -0.25) is 4.98 Å². The summed E-state index contributed by atoms with van der Waals surface area (Å²) in [6.07, 6.45) is 1.74. The van der Waals surface area contributed by atoms with E-state index in [1.165, 1.54) is 0 Å². The summed E-state index contributed by atoms with van der Waals surface area (Å²) in [4.78, 5) is 4.63. The highest BCUT2D eigenvalue weighted by atomic mass is 35.5. The molecule has 0 aliphatic heterocycles. The van der Waals surface area contributed by atoms with Gasteiger partial charge in [0, 0.05) is 17.1 Å². The Bertz CT molecular complexity index is 465. The lowest BCUT2D eigenvalue weighted by molar-refractivity contribution is 1.40. The normalized spacial score (nSPS) is 9.43. The van der Waals surface area contributed by atoms with E-state index in [1.807, 2.05) is 30.3 Å². The average Bonchev–Trinajstić information content (AvgIpc) is 2.17. The molecule has 0 spiro atoms. The minimum atomic E-state index is 0. The highest BCUT2D eigenvalue weighted by Gasteiger charge is 2.02. The van der Waals surface area contributed by atoms with Crippen molar-refractivity contribution in [2.24, 2.45) is 5.73 Å². The fourth-order valence-corrected chi connectivity index (χ4v) is 1.47. The average molecular weight is 225 g/mol. The van der Waals surface area contributed by atoms with Crippen molar-refractivity contribution in [3.63, 3.8) is 0 Å². The topological polar surface area (TPSA) is 38.9 Å². The number of nitrogens with two attached hydrogens (primary N) is 1. The molecule has 2 nitrogen and oxygen atoms in total. The predicted molar refractivity (Wildman–Crippen MR) is 64.9 cm³/mol. The maximum atomic E-state index is 5.57. The van der Waals surface area contributed by atoms with Gasteiger partial charge in [-0.25, -0.2) is 0 Å². The van der Waals surface area contributed by atoms with Gasteiger partial charge in [0.05, 0.1) is 5.52 Å². The van der Waals surface area contributed by atoms with Crippen LogP contribution < -0.4 is 5.73 Å². The van der Waals surface area contributed by atoms with Crippen LogP contribution in [0.2, 0.25) is 0 Å². The molecule has 4 heteroatoms. The molecule has 0 unspecified atom stereocenters. The van der Waals surface area contributed by atoms with Gasteiger partial charge in [0.25, 0.3) is 0 Å². The Kier molecular flexibility index (Phi) is 3.38. The zero-order valence-electron chi connectivity index (χ0n) is 7.31. The van der Waals surface area contributed by atoms with Gasteiger partial charge in [0.1, 0.15) is 4.99 Å².